The average molecular weight is 221 g/mol. The first kappa shape index (κ1) is 10.9. The van der Waals surface area contributed by atoms with Crippen molar-refractivity contribution in [2.24, 2.45) is 0 Å². The predicted molar refractivity (Wildman–Crippen MR) is 54.9 cm³/mol. The molecule has 0 spiro atoms. The summed E-state index contributed by atoms with van der Waals surface area (Å²) in [6.07, 6.45) is 0. The van der Waals surface area contributed by atoms with Crippen LogP contribution in [0, 0.1) is 0 Å². The predicted octanol–water partition coefficient (Wildman–Crippen LogP) is 2.84. The lowest BCUT2D eigenvalue weighted by atomic mass is 10.3. The molecule has 3 nitrogen and oxygen atoms in total. The molecule has 0 aliphatic heterocycles. The third-order valence-electron chi connectivity index (χ3n) is 1.26. The van der Waals surface area contributed by atoms with Gasteiger partial charge in [-0.2, -0.15) is 4.98 Å². The minimum atomic E-state index is 0.224. The highest BCUT2D eigenvalue weighted by atomic mass is 35.5. The van der Waals surface area contributed by atoms with E-state index in [9.17, 15) is 0 Å². The maximum Gasteiger partial charge on any atom is 0.241 e. The number of alkyl halides is 1. The van der Waals surface area contributed by atoms with Gasteiger partial charge in [0.1, 0.15) is 5.88 Å². The Bertz CT molecular complexity index is 269. The molecule has 0 saturated carbocycles. The van der Waals surface area contributed by atoms with Crippen LogP contribution in [0.5, 0.6) is 0 Å². The van der Waals surface area contributed by atoms with E-state index in [4.69, 9.17) is 16.1 Å². The van der Waals surface area contributed by atoms with Gasteiger partial charge in [0.25, 0.3) is 0 Å². The van der Waals surface area contributed by atoms with Crippen molar-refractivity contribution in [2.45, 2.75) is 37.2 Å². The third-order valence-corrected chi connectivity index (χ3v) is 2.76. The second kappa shape index (κ2) is 4.33. The first-order chi connectivity index (χ1) is 6.01. The Kier molecular flexibility index (Phi) is 3.62. The van der Waals surface area contributed by atoms with Crippen molar-refractivity contribution in [3.63, 3.8) is 0 Å². The Morgan fingerprint density at radius 3 is 2.62 bits per heavy atom. The fourth-order valence-corrected chi connectivity index (χ4v) is 1.47. The fraction of sp³-hybridized carbons (Fsp3) is 0.750. The van der Waals surface area contributed by atoms with Crippen LogP contribution in [0.2, 0.25) is 0 Å². The van der Waals surface area contributed by atoms with Crippen LogP contribution in [0.1, 0.15) is 32.5 Å². The Labute approximate surface area is 87.2 Å². The summed E-state index contributed by atoms with van der Waals surface area (Å²) in [4.78, 5) is 4.10. The molecule has 0 unspecified atom stereocenters. The van der Waals surface area contributed by atoms with Crippen LogP contribution in [0.3, 0.4) is 0 Å². The van der Waals surface area contributed by atoms with Crippen molar-refractivity contribution in [1.82, 2.24) is 10.1 Å². The van der Waals surface area contributed by atoms with E-state index < -0.39 is 0 Å². The van der Waals surface area contributed by atoms with E-state index in [0.717, 1.165) is 11.6 Å². The number of hydrogen-bond donors (Lipinski definition) is 0. The van der Waals surface area contributed by atoms with Gasteiger partial charge < -0.3 is 4.52 Å². The van der Waals surface area contributed by atoms with Gasteiger partial charge in [-0.05, 0) is 0 Å². The molecule has 0 aliphatic carbocycles. The summed E-state index contributed by atoms with van der Waals surface area (Å²) in [5, 5.41) is 3.80. The van der Waals surface area contributed by atoms with Gasteiger partial charge >= 0.3 is 0 Å². The summed E-state index contributed by atoms with van der Waals surface area (Å²) in [7, 11) is 0. The molecule has 0 amide bonds. The molecule has 0 aliphatic rings. The lowest BCUT2D eigenvalue weighted by Gasteiger charge is -2.15. The molecule has 0 saturated heterocycles. The zero-order valence-corrected chi connectivity index (χ0v) is 9.58. The molecule has 1 aromatic heterocycles. The Morgan fingerprint density at radius 1 is 1.46 bits per heavy atom. The van der Waals surface area contributed by atoms with Crippen LogP contribution < -0.4 is 0 Å². The second-order valence-corrected chi connectivity index (χ2v) is 5.71. The zero-order valence-electron chi connectivity index (χ0n) is 8.00. The Balaban J connectivity index is 2.46. The number of halogens is 1. The molecule has 5 heteroatoms. The molecular weight excluding hydrogens is 208 g/mol. The quantitative estimate of drug-likeness (QED) is 0.735. The molecule has 0 fully saturated rings. The van der Waals surface area contributed by atoms with Crippen LogP contribution in [-0.2, 0) is 11.6 Å². The van der Waals surface area contributed by atoms with E-state index in [-0.39, 0.29) is 10.6 Å². The van der Waals surface area contributed by atoms with Gasteiger partial charge in [-0.25, -0.2) is 0 Å². The number of nitrogens with zero attached hydrogens (tertiary/aromatic N) is 2. The molecule has 0 radical (unpaired) electrons. The standard InChI is InChI=1S/C8H13ClN2OS/c1-8(2,3)13-5-6-10-7(4-9)12-11-6/h4-5H2,1-3H3. The average Bonchev–Trinajstić information content (AvgIpc) is 2.47. The molecule has 0 aromatic carbocycles. The van der Waals surface area contributed by atoms with E-state index in [0.29, 0.717) is 5.89 Å². The smallest absolute Gasteiger partial charge is 0.241 e. The summed E-state index contributed by atoms with van der Waals surface area (Å²) < 4.78 is 5.10. The van der Waals surface area contributed by atoms with Gasteiger partial charge in [0.05, 0.1) is 5.75 Å². The van der Waals surface area contributed by atoms with Crippen LogP contribution in [0.4, 0.5) is 0 Å². The van der Waals surface area contributed by atoms with E-state index >= 15 is 0 Å². The first-order valence-electron chi connectivity index (χ1n) is 4.02. The molecule has 1 heterocycles. The highest BCUT2D eigenvalue weighted by molar-refractivity contribution is 7.99. The van der Waals surface area contributed by atoms with Crippen LogP contribution in [-0.4, -0.2) is 14.9 Å². The second-order valence-electron chi connectivity index (χ2n) is 3.64. The molecule has 1 rings (SSSR count). The van der Waals surface area contributed by atoms with Crippen LogP contribution in [0.15, 0.2) is 4.52 Å². The number of aromatic nitrogens is 2. The minimum absolute atomic E-state index is 0.224. The van der Waals surface area contributed by atoms with Gasteiger partial charge in [0, 0.05) is 4.75 Å². The number of hydrogen-bond acceptors (Lipinski definition) is 4. The normalized spacial score (nSPS) is 12.0. The highest BCUT2D eigenvalue weighted by Gasteiger charge is 2.13. The van der Waals surface area contributed by atoms with Crippen molar-refractivity contribution in [2.75, 3.05) is 0 Å². The summed E-state index contributed by atoms with van der Waals surface area (Å²) in [5.41, 5.74) is 0. The van der Waals surface area contributed by atoms with Crippen molar-refractivity contribution in [1.29, 1.82) is 0 Å². The molecule has 0 bridgehead atoms. The number of thioether (sulfide) groups is 1. The lowest BCUT2D eigenvalue weighted by Crippen LogP contribution is -2.07. The minimum Gasteiger partial charge on any atom is -0.338 e. The zero-order chi connectivity index (χ0) is 9.90. The van der Waals surface area contributed by atoms with Gasteiger partial charge in [-0.15, -0.1) is 23.4 Å². The van der Waals surface area contributed by atoms with Crippen molar-refractivity contribution in [3.8, 4) is 0 Å². The molecule has 0 atom stereocenters. The van der Waals surface area contributed by atoms with Crippen LogP contribution >= 0.6 is 23.4 Å². The van der Waals surface area contributed by atoms with Crippen molar-refractivity contribution >= 4 is 23.4 Å². The Hall–Kier alpha value is -0.220. The first-order valence-corrected chi connectivity index (χ1v) is 5.54. The molecular formula is C8H13ClN2OS. The van der Waals surface area contributed by atoms with Crippen LogP contribution in [0.25, 0.3) is 0 Å². The monoisotopic (exact) mass is 220 g/mol. The maximum absolute atomic E-state index is 5.53. The van der Waals surface area contributed by atoms with Gasteiger partial charge in [0.15, 0.2) is 5.82 Å². The van der Waals surface area contributed by atoms with Crippen molar-refractivity contribution < 1.29 is 4.52 Å². The van der Waals surface area contributed by atoms with Crippen molar-refractivity contribution in [3.05, 3.63) is 11.7 Å². The van der Waals surface area contributed by atoms with Gasteiger partial charge in [-0.3, -0.25) is 0 Å². The fourth-order valence-electron chi connectivity index (χ4n) is 0.684. The largest absolute Gasteiger partial charge is 0.338 e. The Morgan fingerprint density at radius 2 is 2.15 bits per heavy atom. The third kappa shape index (κ3) is 4.00. The summed E-state index contributed by atoms with van der Waals surface area (Å²) in [6.45, 7) is 6.46. The summed E-state index contributed by atoms with van der Waals surface area (Å²) >= 11 is 7.31. The molecule has 74 valence electrons. The van der Waals surface area contributed by atoms with E-state index in [1.807, 2.05) is 0 Å². The van der Waals surface area contributed by atoms with E-state index in [1.54, 1.807) is 11.8 Å². The number of rotatable bonds is 3. The molecule has 13 heavy (non-hydrogen) atoms. The topological polar surface area (TPSA) is 38.9 Å². The summed E-state index contributed by atoms with van der Waals surface area (Å²) in [5.74, 6) is 2.26. The van der Waals surface area contributed by atoms with Gasteiger partial charge in [0.2, 0.25) is 5.89 Å². The lowest BCUT2D eigenvalue weighted by molar-refractivity contribution is 0.386. The van der Waals surface area contributed by atoms with Gasteiger partial charge in [-0.1, -0.05) is 25.9 Å². The van der Waals surface area contributed by atoms with E-state index in [1.165, 1.54) is 0 Å². The molecule has 1 aromatic rings. The SMILES string of the molecule is CC(C)(C)SCc1noc(CCl)n1. The molecule has 0 N–H and O–H groups in total. The summed E-state index contributed by atoms with van der Waals surface area (Å²) in [6, 6.07) is 0. The van der Waals surface area contributed by atoms with E-state index in [2.05, 4.69) is 30.9 Å². The highest BCUT2D eigenvalue weighted by Crippen LogP contribution is 2.26. The maximum atomic E-state index is 5.53.